The minimum atomic E-state index is 0.161. The maximum absolute atomic E-state index is 9.06. The molecule has 4 heteroatoms. The number of benzene rings is 1. The van der Waals surface area contributed by atoms with Crippen LogP contribution in [0.5, 0.6) is 5.75 Å². The zero-order valence-corrected chi connectivity index (χ0v) is 12.3. The first-order valence-corrected chi connectivity index (χ1v) is 7.27. The summed E-state index contributed by atoms with van der Waals surface area (Å²) >= 11 is 5.98. The van der Waals surface area contributed by atoms with Gasteiger partial charge in [-0.15, -0.1) is 0 Å². The summed E-state index contributed by atoms with van der Waals surface area (Å²) in [5.74, 6) is 1.45. The van der Waals surface area contributed by atoms with Gasteiger partial charge in [0, 0.05) is 30.6 Å². The second kappa shape index (κ2) is 6.60. The van der Waals surface area contributed by atoms with E-state index in [1.807, 2.05) is 18.2 Å². The van der Waals surface area contributed by atoms with Gasteiger partial charge in [-0.2, -0.15) is 0 Å². The maximum Gasteiger partial charge on any atom is 0.123 e. The number of halogens is 1. The van der Waals surface area contributed by atoms with Crippen LogP contribution in [0.2, 0.25) is 5.02 Å². The smallest absolute Gasteiger partial charge is 0.123 e. The average Bonchev–Trinajstić information content (AvgIpc) is 2.75. The first-order valence-electron chi connectivity index (χ1n) is 6.89. The molecule has 1 heterocycles. The Labute approximate surface area is 119 Å². The number of nitrogens with one attached hydrogen (secondary N) is 1. The van der Waals surface area contributed by atoms with Gasteiger partial charge in [-0.3, -0.25) is 0 Å². The molecule has 2 atom stereocenters. The summed E-state index contributed by atoms with van der Waals surface area (Å²) < 4.78 is 5.89. The maximum atomic E-state index is 9.06. The van der Waals surface area contributed by atoms with Gasteiger partial charge in [0.05, 0.1) is 0 Å². The van der Waals surface area contributed by atoms with Crippen molar-refractivity contribution >= 4 is 11.6 Å². The fourth-order valence-corrected chi connectivity index (χ4v) is 2.69. The van der Waals surface area contributed by atoms with Gasteiger partial charge in [0.25, 0.3) is 0 Å². The van der Waals surface area contributed by atoms with Crippen molar-refractivity contribution in [2.24, 2.45) is 5.92 Å². The molecule has 0 bridgehead atoms. The molecular formula is C15H22ClNO2. The van der Waals surface area contributed by atoms with Crippen LogP contribution in [-0.2, 0) is 6.42 Å². The lowest BCUT2D eigenvalue weighted by atomic mass is 10.0. The van der Waals surface area contributed by atoms with E-state index in [4.69, 9.17) is 21.4 Å². The zero-order chi connectivity index (χ0) is 13.8. The Hall–Kier alpha value is -0.770. The van der Waals surface area contributed by atoms with Crippen LogP contribution >= 0.6 is 11.6 Å². The van der Waals surface area contributed by atoms with E-state index in [-0.39, 0.29) is 12.7 Å². The van der Waals surface area contributed by atoms with Gasteiger partial charge < -0.3 is 15.2 Å². The third-order valence-corrected chi connectivity index (χ3v) is 3.85. The summed E-state index contributed by atoms with van der Waals surface area (Å²) in [5.41, 5.74) is 1.18. The van der Waals surface area contributed by atoms with Crippen LogP contribution < -0.4 is 10.1 Å². The van der Waals surface area contributed by atoms with Crippen LogP contribution in [0.3, 0.4) is 0 Å². The topological polar surface area (TPSA) is 41.5 Å². The van der Waals surface area contributed by atoms with E-state index in [0.29, 0.717) is 12.0 Å². The largest absolute Gasteiger partial charge is 0.488 e. The lowest BCUT2D eigenvalue weighted by Crippen LogP contribution is -2.40. The highest BCUT2D eigenvalue weighted by Gasteiger charge is 2.24. The molecule has 0 spiro atoms. The Kier molecular flexibility index (Phi) is 5.08. The fourth-order valence-electron chi connectivity index (χ4n) is 2.50. The van der Waals surface area contributed by atoms with Crippen LogP contribution in [-0.4, -0.2) is 30.4 Å². The highest BCUT2D eigenvalue weighted by Crippen LogP contribution is 2.30. The van der Waals surface area contributed by atoms with Gasteiger partial charge in [-0.05, 0) is 36.1 Å². The molecule has 1 aliphatic rings. The number of aliphatic hydroxyl groups is 1. The van der Waals surface area contributed by atoms with Crippen molar-refractivity contribution in [1.29, 1.82) is 0 Å². The van der Waals surface area contributed by atoms with Gasteiger partial charge in [-0.1, -0.05) is 25.4 Å². The summed E-state index contributed by atoms with van der Waals surface area (Å²) in [4.78, 5) is 0. The molecular weight excluding hydrogens is 262 g/mol. The van der Waals surface area contributed by atoms with Crippen LogP contribution in [0.25, 0.3) is 0 Å². The third kappa shape index (κ3) is 3.85. The van der Waals surface area contributed by atoms with Gasteiger partial charge in [0.2, 0.25) is 0 Å². The molecule has 0 fully saturated rings. The Morgan fingerprint density at radius 1 is 1.47 bits per heavy atom. The number of aliphatic hydroxyl groups excluding tert-OH is 1. The van der Waals surface area contributed by atoms with E-state index in [1.54, 1.807) is 0 Å². The zero-order valence-electron chi connectivity index (χ0n) is 11.5. The van der Waals surface area contributed by atoms with Crippen molar-refractivity contribution < 1.29 is 9.84 Å². The van der Waals surface area contributed by atoms with Gasteiger partial charge in [0.1, 0.15) is 11.9 Å². The van der Waals surface area contributed by atoms with Gasteiger partial charge in [0.15, 0.2) is 0 Å². The Bertz CT molecular complexity index is 423. The Morgan fingerprint density at radius 3 is 2.95 bits per heavy atom. The fraction of sp³-hybridized carbons (Fsp3) is 0.600. The molecule has 1 aromatic carbocycles. The molecule has 2 unspecified atom stereocenters. The van der Waals surface area contributed by atoms with E-state index in [0.717, 1.165) is 30.2 Å². The minimum Gasteiger partial charge on any atom is -0.488 e. The van der Waals surface area contributed by atoms with Crippen LogP contribution in [0.15, 0.2) is 18.2 Å². The van der Waals surface area contributed by atoms with E-state index in [2.05, 4.69) is 19.2 Å². The van der Waals surface area contributed by atoms with Crippen molar-refractivity contribution in [2.75, 3.05) is 13.2 Å². The number of ether oxygens (including phenoxy) is 1. The first-order chi connectivity index (χ1) is 9.10. The van der Waals surface area contributed by atoms with Crippen LogP contribution in [0.1, 0.15) is 25.8 Å². The monoisotopic (exact) mass is 283 g/mol. The van der Waals surface area contributed by atoms with E-state index < -0.39 is 0 Å². The molecule has 3 nitrogen and oxygen atoms in total. The van der Waals surface area contributed by atoms with E-state index in [9.17, 15) is 0 Å². The molecule has 1 aromatic rings. The molecule has 106 valence electrons. The van der Waals surface area contributed by atoms with Crippen LogP contribution in [0.4, 0.5) is 0 Å². The normalized spacial score (nSPS) is 19.3. The second-order valence-corrected chi connectivity index (χ2v) is 5.90. The quantitative estimate of drug-likeness (QED) is 0.843. The molecule has 2 N–H and O–H groups in total. The molecule has 0 aliphatic carbocycles. The Balaban J connectivity index is 1.86. The molecule has 0 saturated heterocycles. The minimum absolute atomic E-state index is 0.161. The van der Waals surface area contributed by atoms with Gasteiger partial charge >= 0.3 is 0 Å². The SMILES string of the molecule is CC(C)C(CCO)NCC1Cc2cc(Cl)ccc2O1. The summed E-state index contributed by atoms with van der Waals surface area (Å²) in [5, 5.41) is 13.3. The Morgan fingerprint density at radius 2 is 2.26 bits per heavy atom. The number of fused-ring (bicyclic) bond motifs is 1. The number of rotatable bonds is 6. The van der Waals surface area contributed by atoms with Crippen molar-refractivity contribution in [1.82, 2.24) is 5.32 Å². The second-order valence-electron chi connectivity index (χ2n) is 5.47. The first kappa shape index (κ1) is 14.6. The molecule has 0 saturated carbocycles. The molecule has 2 rings (SSSR count). The lowest BCUT2D eigenvalue weighted by Gasteiger charge is -2.23. The van der Waals surface area contributed by atoms with Gasteiger partial charge in [-0.25, -0.2) is 0 Å². The number of hydrogen-bond donors (Lipinski definition) is 2. The highest BCUT2D eigenvalue weighted by atomic mass is 35.5. The summed E-state index contributed by atoms with van der Waals surface area (Å²) in [6.07, 6.45) is 1.84. The average molecular weight is 284 g/mol. The van der Waals surface area contributed by atoms with Crippen molar-refractivity contribution in [3.63, 3.8) is 0 Å². The van der Waals surface area contributed by atoms with Crippen LogP contribution in [0, 0.1) is 5.92 Å². The van der Waals surface area contributed by atoms with Crippen molar-refractivity contribution in [3.05, 3.63) is 28.8 Å². The van der Waals surface area contributed by atoms with E-state index >= 15 is 0 Å². The summed E-state index contributed by atoms with van der Waals surface area (Å²) in [6.45, 7) is 5.35. The molecule has 19 heavy (non-hydrogen) atoms. The van der Waals surface area contributed by atoms with Crippen molar-refractivity contribution in [2.45, 2.75) is 38.8 Å². The highest BCUT2D eigenvalue weighted by molar-refractivity contribution is 6.30. The molecule has 0 aromatic heterocycles. The lowest BCUT2D eigenvalue weighted by molar-refractivity contribution is 0.198. The third-order valence-electron chi connectivity index (χ3n) is 3.62. The molecule has 1 aliphatic heterocycles. The summed E-state index contributed by atoms with van der Waals surface area (Å²) in [6, 6.07) is 6.11. The predicted octanol–water partition coefficient (Wildman–Crippen LogP) is 2.64. The predicted molar refractivity (Wildman–Crippen MR) is 77.9 cm³/mol. The molecule has 0 radical (unpaired) electrons. The summed E-state index contributed by atoms with van der Waals surface area (Å²) in [7, 11) is 0. The molecule has 0 amide bonds. The van der Waals surface area contributed by atoms with E-state index in [1.165, 1.54) is 5.56 Å². The number of hydrogen-bond acceptors (Lipinski definition) is 3. The van der Waals surface area contributed by atoms with Crippen molar-refractivity contribution in [3.8, 4) is 5.75 Å². The standard InChI is InChI=1S/C15H22ClNO2/c1-10(2)14(5-6-18)17-9-13-8-11-7-12(16)3-4-15(11)19-13/h3-4,7,10,13-14,17-18H,5-6,8-9H2,1-2H3.